The molecule has 6 heteroatoms. The van der Waals surface area contributed by atoms with E-state index in [0.717, 1.165) is 5.56 Å². The van der Waals surface area contributed by atoms with Gasteiger partial charge >= 0.3 is 12.1 Å². The van der Waals surface area contributed by atoms with E-state index in [0.29, 0.717) is 31.7 Å². The third-order valence-electron chi connectivity index (χ3n) is 4.30. The number of hydrogen-bond acceptors (Lipinski definition) is 4. The first-order valence-corrected chi connectivity index (χ1v) is 9.20. The van der Waals surface area contributed by atoms with Crippen molar-refractivity contribution in [1.82, 2.24) is 9.47 Å². The smallest absolute Gasteiger partial charge is 0.410 e. The molecule has 0 N–H and O–H groups in total. The van der Waals surface area contributed by atoms with Gasteiger partial charge in [-0.15, -0.1) is 0 Å². The Morgan fingerprint density at radius 2 is 1.85 bits per heavy atom. The molecule has 1 aromatic heterocycles. The minimum Gasteiger partial charge on any atom is -0.456 e. The van der Waals surface area contributed by atoms with Crippen molar-refractivity contribution in [2.45, 2.75) is 45.4 Å². The van der Waals surface area contributed by atoms with E-state index in [1.807, 2.05) is 67.9 Å². The van der Waals surface area contributed by atoms with Gasteiger partial charge < -0.3 is 18.9 Å². The number of carbonyl (C=O) groups is 2. The normalized spacial score (nSPS) is 17.0. The average Bonchev–Trinajstić information content (AvgIpc) is 3.24. The van der Waals surface area contributed by atoms with Crippen LogP contribution >= 0.6 is 0 Å². The molecule has 0 unspecified atom stereocenters. The van der Waals surface area contributed by atoms with E-state index in [4.69, 9.17) is 9.47 Å². The standard InChI is InChI=1S/C21H26N2O4/c1-21(2,3)27-20(25)23-13-11-17(15-23)26-19(24)18-10-7-12-22(18)14-16-8-5-4-6-9-16/h4-10,12,17H,11,13-15H2,1-3H3/t17-/m0/s1. The number of carbonyl (C=O) groups excluding carboxylic acids is 2. The number of nitrogens with zero attached hydrogens (tertiary/aromatic N) is 2. The van der Waals surface area contributed by atoms with Crippen molar-refractivity contribution in [3.8, 4) is 0 Å². The second kappa shape index (κ2) is 7.86. The second-order valence-electron chi connectivity index (χ2n) is 7.75. The van der Waals surface area contributed by atoms with E-state index >= 15 is 0 Å². The summed E-state index contributed by atoms with van der Waals surface area (Å²) in [5, 5.41) is 0. The molecular weight excluding hydrogens is 344 g/mol. The fourth-order valence-corrected chi connectivity index (χ4v) is 3.05. The Balaban J connectivity index is 1.57. The first-order chi connectivity index (χ1) is 12.8. The Morgan fingerprint density at radius 3 is 2.56 bits per heavy atom. The van der Waals surface area contributed by atoms with E-state index < -0.39 is 5.60 Å². The van der Waals surface area contributed by atoms with Crippen LogP contribution in [0.1, 0.15) is 43.2 Å². The zero-order valence-corrected chi connectivity index (χ0v) is 16.1. The van der Waals surface area contributed by atoms with Crippen LogP contribution in [0, 0.1) is 0 Å². The van der Waals surface area contributed by atoms with Crippen LogP contribution in [-0.2, 0) is 16.0 Å². The minimum atomic E-state index is -0.538. The maximum atomic E-state index is 12.6. The van der Waals surface area contributed by atoms with Crippen molar-refractivity contribution in [2.75, 3.05) is 13.1 Å². The van der Waals surface area contributed by atoms with Crippen LogP contribution in [-0.4, -0.2) is 46.3 Å². The lowest BCUT2D eigenvalue weighted by Gasteiger charge is -2.24. The summed E-state index contributed by atoms with van der Waals surface area (Å²) in [6.45, 7) is 6.99. The van der Waals surface area contributed by atoms with Gasteiger partial charge in [0.05, 0.1) is 6.54 Å². The molecule has 2 aromatic rings. The van der Waals surface area contributed by atoms with E-state index in [1.165, 1.54) is 0 Å². The largest absolute Gasteiger partial charge is 0.456 e. The number of aromatic nitrogens is 1. The molecular formula is C21H26N2O4. The van der Waals surface area contributed by atoms with Gasteiger partial charge in [0.15, 0.2) is 0 Å². The average molecular weight is 370 g/mol. The van der Waals surface area contributed by atoms with E-state index in [2.05, 4.69) is 0 Å². The molecule has 0 spiro atoms. The van der Waals surface area contributed by atoms with Crippen LogP contribution in [0.4, 0.5) is 4.79 Å². The summed E-state index contributed by atoms with van der Waals surface area (Å²) < 4.78 is 12.9. The summed E-state index contributed by atoms with van der Waals surface area (Å²) in [6, 6.07) is 13.5. The molecule has 6 nitrogen and oxygen atoms in total. The van der Waals surface area contributed by atoms with E-state index in [9.17, 15) is 9.59 Å². The summed E-state index contributed by atoms with van der Waals surface area (Å²) in [6.07, 6.45) is 1.80. The monoisotopic (exact) mass is 370 g/mol. The quantitative estimate of drug-likeness (QED) is 0.770. The number of hydrogen-bond donors (Lipinski definition) is 0. The van der Waals surface area contributed by atoms with Gasteiger partial charge in [-0.25, -0.2) is 9.59 Å². The first kappa shape index (κ1) is 19.0. The summed E-state index contributed by atoms with van der Waals surface area (Å²) in [7, 11) is 0. The van der Waals surface area contributed by atoms with E-state index in [-0.39, 0.29) is 18.2 Å². The van der Waals surface area contributed by atoms with E-state index in [1.54, 1.807) is 11.0 Å². The Kier molecular flexibility index (Phi) is 5.54. The van der Waals surface area contributed by atoms with Gasteiger partial charge in [0.1, 0.15) is 17.4 Å². The topological polar surface area (TPSA) is 60.8 Å². The van der Waals surface area contributed by atoms with Crippen LogP contribution < -0.4 is 0 Å². The molecule has 0 aliphatic carbocycles. The van der Waals surface area contributed by atoms with Gasteiger partial charge in [-0.05, 0) is 38.5 Å². The van der Waals surface area contributed by atoms with Crippen molar-refractivity contribution in [2.24, 2.45) is 0 Å². The van der Waals surface area contributed by atoms with Crippen molar-refractivity contribution in [1.29, 1.82) is 0 Å². The molecule has 0 bridgehead atoms. The van der Waals surface area contributed by atoms with Crippen LogP contribution in [0.5, 0.6) is 0 Å². The Labute approximate surface area is 159 Å². The molecule has 0 radical (unpaired) electrons. The number of benzene rings is 1. The Bertz CT molecular complexity index is 792. The number of ether oxygens (including phenoxy) is 2. The Morgan fingerprint density at radius 1 is 1.11 bits per heavy atom. The maximum Gasteiger partial charge on any atom is 0.410 e. The highest BCUT2D eigenvalue weighted by Crippen LogP contribution is 2.19. The highest BCUT2D eigenvalue weighted by molar-refractivity contribution is 5.88. The predicted octanol–water partition coefficient (Wildman–Crippen LogP) is 3.70. The number of amides is 1. The van der Waals surface area contributed by atoms with Crippen LogP contribution in [0.15, 0.2) is 48.7 Å². The fourth-order valence-electron chi connectivity index (χ4n) is 3.05. The fraction of sp³-hybridized carbons (Fsp3) is 0.429. The molecule has 3 rings (SSSR count). The molecule has 27 heavy (non-hydrogen) atoms. The zero-order chi connectivity index (χ0) is 19.4. The first-order valence-electron chi connectivity index (χ1n) is 9.20. The molecule has 1 aromatic carbocycles. The van der Waals surface area contributed by atoms with Gasteiger partial charge in [0.2, 0.25) is 0 Å². The van der Waals surface area contributed by atoms with Gasteiger partial charge in [-0.1, -0.05) is 30.3 Å². The van der Waals surface area contributed by atoms with Crippen molar-refractivity contribution < 1.29 is 19.1 Å². The third kappa shape index (κ3) is 5.12. The lowest BCUT2D eigenvalue weighted by Crippen LogP contribution is -2.36. The van der Waals surface area contributed by atoms with Gasteiger partial charge in [-0.3, -0.25) is 0 Å². The van der Waals surface area contributed by atoms with Gasteiger partial charge in [0.25, 0.3) is 0 Å². The maximum absolute atomic E-state index is 12.6. The van der Waals surface area contributed by atoms with Crippen LogP contribution in [0.2, 0.25) is 0 Å². The predicted molar refractivity (Wildman–Crippen MR) is 102 cm³/mol. The van der Waals surface area contributed by atoms with Crippen LogP contribution in [0.25, 0.3) is 0 Å². The summed E-state index contributed by atoms with van der Waals surface area (Å²) in [4.78, 5) is 26.3. The SMILES string of the molecule is CC(C)(C)OC(=O)N1CC[C@H](OC(=O)c2cccn2Cc2ccccc2)C1. The molecule has 1 aliphatic heterocycles. The van der Waals surface area contributed by atoms with Crippen LogP contribution in [0.3, 0.4) is 0 Å². The third-order valence-corrected chi connectivity index (χ3v) is 4.30. The lowest BCUT2D eigenvalue weighted by atomic mass is 10.2. The molecule has 0 saturated carbocycles. The van der Waals surface area contributed by atoms with Gasteiger partial charge in [0, 0.05) is 25.7 Å². The highest BCUT2D eigenvalue weighted by Gasteiger charge is 2.32. The van der Waals surface area contributed by atoms with Gasteiger partial charge in [-0.2, -0.15) is 0 Å². The molecule has 1 amide bonds. The van der Waals surface area contributed by atoms with Crippen molar-refractivity contribution in [3.05, 3.63) is 59.9 Å². The lowest BCUT2D eigenvalue weighted by molar-refractivity contribution is 0.0186. The Hall–Kier alpha value is -2.76. The van der Waals surface area contributed by atoms with Crippen molar-refractivity contribution in [3.63, 3.8) is 0 Å². The number of likely N-dealkylation sites (tertiary alicyclic amines) is 1. The molecule has 1 aliphatic rings. The highest BCUT2D eigenvalue weighted by atomic mass is 16.6. The summed E-state index contributed by atoms with van der Waals surface area (Å²) in [5.74, 6) is -0.369. The number of esters is 1. The zero-order valence-electron chi connectivity index (χ0n) is 16.1. The molecule has 144 valence electrons. The summed E-state index contributed by atoms with van der Waals surface area (Å²) >= 11 is 0. The second-order valence-corrected chi connectivity index (χ2v) is 7.75. The number of rotatable bonds is 4. The van der Waals surface area contributed by atoms with Crippen molar-refractivity contribution >= 4 is 12.1 Å². The molecule has 2 heterocycles. The summed E-state index contributed by atoms with van der Waals surface area (Å²) in [5.41, 5.74) is 1.08. The molecule has 1 atom stereocenters. The molecule has 1 saturated heterocycles. The molecule has 1 fully saturated rings. The minimum absolute atomic E-state index is 0.315.